The summed E-state index contributed by atoms with van der Waals surface area (Å²) in [6, 6.07) is 0. The van der Waals surface area contributed by atoms with Crippen LogP contribution in [0.5, 0.6) is 0 Å². The summed E-state index contributed by atoms with van der Waals surface area (Å²) in [5.41, 5.74) is 1.64. The summed E-state index contributed by atoms with van der Waals surface area (Å²) in [5, 5.41) is 21.4. The van der Waals surface area contributed by atoms with Gasteiger partial charge in [-0.3, -0.25) is 4.79 Å². The Hall–Kier alpha value is -0.830. The minimum atomic E-state index is -0.574. The molecule has 0 saturated heterocycles. The molecule has 33 heavy (non-hydrogen) atoms. The van der Waals surface area contributed by atoms with E-state index in [-0.39, 0.29) is 39.1 Å². The zero-order chi connectivity index (χ0) is 24.2. The van der Waals surface area contributed by atoms with E-state index in [1.54, 1.807) is 5.57 Å². The molecule has 4 fully saturated rings. The van der Waals surface area contributed by atoms with Gasteiger partial charge in [-0.15, -0.1) is 0 Å². The van der Waals surface area contributed by atoms with Crippen LogP contribution in [-0.2, 0) is 4.79 Å². The van der Waals surface area contributed by atoms with Crippen molar-refractivity contribution in [1.29, 1.82) is 0 Å². The second-order valence-electron chi connectivity index (χ2n) is 15.1. The van der Waals surface area contributed by atoms with Crippen molar-refractivity contribution in [3.8, 4) is 0 Å². The maximum absolute atomic E-state index is 12.8. The molecule has 0 aromatic rings. The van der Waals surface area contributed by atoms with Gasteiger partial charge in [0.1, 0.15) is 0 Å². The molecule has 5 aliphatic carbocycles. The van der Waals surface area contributed by atoms with E-state index >= 15 is 0 Å². The van der Waals surface area contributed by atoms with Gasteiger partial charge in [-0.05, 0) is 109 Å². The lowest BCUT2D eigenvalue weighted by molar-refractivity contribution is -0.189. The molecular weight excluding hydrogens is 408 g/mol. The molecule has 0 aromatic carbocycles. The number of carbonyl (C=O) groups is 1. The minimum absolute atomic E-state index is 0.00747. The predicted molar refractivity (Wildman–Crippen MR) is 133 cm³/mol. The average molecular weight is 457 g/mol. The lowest BCUT2D eigenvalue weighted by atomic mass is 9.34. The zero-order valence-electron chi connectivity index (χ0n) is 22.3. The number of aliphatic carboxylic acids is 1. The summed E-state index contributed by atoms with van der Waals surface area (Å²) in [6.45, 7) is 16.9. The highest BCUT2D eigenvalue weighted by atomic mass is 16.4. The molecule has 0 spiro atoms. The van der Waals surface area contributed by atoms with E-state index in [0.29, 0.717) is 11.8 Å². The highest BCUT2D eigenvalue weighted by Crippen LogP contribution is 2.75. The SMILES string of the molecule is CC1(C)CCC2(C(=O)O)CC=C3[C@]4(C)CCC5C(C)(C)[C@@H](O)CC[C@]5(C)C4CC[C@@]3(C)C2C1. The minimum Gasteiger partial charge on any atom is -0.481 e. The Kier molecular flexibility index (Phi) is 4.99. The van der Waals surface area contributed by atoms with Gasteiger partial charge in [-0.25, -0.2) is 0 Å². The monoisotopic (exact) mass is 456 g/mol. The van der Waals surface area contributed by atoms with Gasteiger partial charge in [0.2, 0.25) is 0 Å². The van der Waals surface area contributed by atoms with E-state index in [0.717, 1.165) is 44.9 Å². The molecule has 0 aromatic heterocycles. The molecule has 4 saturated carbocycles. The van der Waals surface area contributed by atoms with Crippen LogP contribution in [-0.4, -0.2) is 22.3 Å². The van der Waals surface area contributed by atoms with Gasteiger partial charge in [0.05, 0.1) is 11.5 Å². The molecule has 3 heteroatoms. The van der Waals surface area contributed by atoms with Gasteiger partial charge in [-0.1, -0.05) is 60.1 Å². The zero-order valence-corrected chi connectivity index (χ0v) is 22.3. The molecule has 4 unspecified atom stereocenters. The second-order valence-corrected chi connectivity index (χ2v) is 15.1. The van der Waals surface area contributed by atoms with E-state index < -0.39 is 11.4 Å². The molecule has 8 atom stereocenters. The normalized spacial score (nSPS) is 52.4. The standard InChI is InChI=1S/C30H48O3/c1-25(2)16-17-30(24(32)33)15-10-21-28(6)12-8-19-26(3,4)23(31)11-14-27(19,5)20(28)9-13-29(21,7)22(30)18-25/h10,19-20,22-23,31H,8-9,11-18H2,1-7H3,(H,32,33)/t19?,20?,22?,23-,27-,28+,29+,30?/m0/s1. The molecule has 5 rings (SSSR count). The Morgan fingerprint density at radius 1 is 0.818 bits per heavy atom. The number of hydrogen-bond acceptors (Lipinski definition) is 2. The molecule has 0 aliphatic heterocycles. The number of rotatable bonds is 1. The van der Waals surface area contributed by atoms with Crippen LogP contribution in [0.4, 0.5) is 0 Å². The Morgan fingerprint density at radius 2 is 1.42 bits per heavy atom. The second kappa shape index (κ2) is 6.89. The van der Waals surface area contributed by atoms with Gasteiger partial charge < -0.3 is 10.2 Å². The summed E-state index contributed by atoms with van der Waals surface area (Å²) in [7, 11) is 0. The van der Waals surface area contributed by atoms with Crippen molar-refractivity contribution >= 4 is 5.97 Å². The molecule has 0 amide bonds. The summed E-state index contributed by atoms with van der Waals surface area (Å²) in [5.74, 6) is 0.875. The van der Waals surface area contributed by atoms with Crippen LogP contribution in [0.15, 0.2) is 11.6 Å². The van der Waals surface area contributed by atoms with Gasteiger partial charge >= 0.3 is 5.97 Å². The van der Waals surface area contributed by atoms with Crippen LogP contribution in [0.3, 0.4) is 0 Å². The van der Waals surface area contributed by atoms with Crippen LogP contribution in [0.2, 0.25) is 0 Å². The number of fused-ring (bicyclic) bond motifs is 7. The van der Waals surface area contributed by atoms with Crippen LogP contribution in [0, 0.1) is 50.2 Å². The van der Waals surface area contributed by atoms with Gasteiger partial charge in [0.25, 0.3) is 0 Å². The highest BCUT2D eigenvalue weighted by molar-refractivity contribution is 5.76. The van der Waals surface area contributed by atoms with Crippen LogP contribution < -0.4 is 0 Å². The number of carboxylic acids is 1. The number of aliphatic hydroxyl groups excluding tert-OH is 1. The van der Waals surface area contributed by atoms with E-state index in [9.17, 15) is 15.0 Å². The Balaban J connectivity index is 1.59. The highest BCUT2D eigenvalue weighted by Gasteiger charge is 2.68. The van der Waals surface area contributed by atoms with E-state index in [1.165, 1.54) is 19.3 Å². The molecule has 3 nitrogen and oxygen atoms in total. The topological polar surface area (TPSA) is 57.5 Å². The van der Waals surface area contributed by atoms with Crippen LogP contribution in [0.1, 0.15) is 113 Å². The van der Waals surface area contributed by atoms with E-state index in [2.05, 4.69) is 54.5 Å². The summed E-state index contributed by atoms with van der Waals surface area (Å²) in [6.07, 6.45) is 12.6. The Bertz CT molecular complexity index is 885. The predicted octanol–water partition coefficient (Wildman–Crippen LogP) is 7.23. The quantitative estimate of drug-likeness (QED) is 0.409. The third-order valence-corrected chi connectivity index (χ3v) is 12.7. The third kappa shape index (κ3) is 2.93. The maximum atomic E-state index is 12.8. The Morgan fingerprint density at radius 3 is 2.06 bits per heavy atom. The summed E-state index contributed by atoms with van der Waals surface area (Å²) < 4.78 is 0. The smallest absolute Gasteiger partial charge is 0.310 e. The fraction of sp³-hybridized carbons (Fsp3) is 0.900. The Labute approximate surface area is 201 Å². The van der Waals surface area contributed by atoms with Crippen molar-refractivity contribution in [2.75, 3.05) is 0 Å². The number of allylic oxidation sites excluding steroid dienone is 2. The van der Waals surface area contributed by atoms with Crippen molar-refractivity contribution in [3.05, 3.63) is 11.6 Å². The van der Waals surface area contributed by atoms with Gasteiger partial charge in [-0.2, -0.15) is 0 Å². The first-order chi connectivity index (χ1) is 15.1. The van der Waals surface area contributed by atoms with Crippen molar-refractivity contribution in [1.82, 2.24) is 0 Å². The molecule has 5 aliphatic rings. The number of aliphatic hydroxyl groups is 1. The summed E-state index contributed by atoms with van der Waals surface area (Å²) in [4.78, 5) is 12.8. The molecule has 0 heterocycles. The largest absolute Gasteiger partial charge is 0.481 e. The first kappa shape index (κ1) is 23.9. The van der Waals surface area contributed by atoms with E-state index in [1.807, 2.05) is 0 Å². The average Bonchev–Trinajstić information content (AvgIpc) is 2.70. The number of carboxylic acid groups (broad SMARTS) is 1. The lowest BCUT2D eigenvalue weighted by Gasteiger charge is -2.70. The molecule has 2 N–H and O–H groups in total. The van der Waals surface area contributed by atoms with Crippen molar-refractivity contribution in [2.45, 2.75) is 119 Å². The maximum Gasteiger partial charge on any atom is 0.310 e. The first-order valence-electron chi connectivity index (χ1n) is 13.8. The third-order valence-electron chi connectivity index (χ3n) is 12.7. The molecule has 186 valence electrons. The van der Waals surface area contributed by atoms with Crippen LogP contribution >= 0.6 is 0 Å². The molecule has 0 radical (unpaired) electrons. The fourth-order valence-corrected chi connectivity index (χ4v) is 10.9. The van der Waals surface area contributed by atoms with Crippen LogP contribution in [0.25, 0.3) is 0 Å². The summed E-state index contributed by atoms with van der Waals surface area (Å²) >= 11 is 0. The van der Waals surface area contributed by atoms with Gasteiger partial charge in [0.15, 0.2) is 0 Å². The molecule has 0 bridgehead atoms. The lowest BCUT2D eigenvalue weighted by Crippen LogP contribution is -2.64. The van der Waals surface area contributed by atoms with Crippen molar-refractivity contribution in [3.63, 3.8) is 0 Å². The van der Waals surface area contributed by atoms with Gasteiger partial charge in [0, 0.05) is 0 Å². The molecular formula is C30H48O3. The number of hydrogen-bond donors (Lipinski definition) is 2. The van der Waals surface area contributed by atoms with E-state index in [4.69, 9.17) is 0 Å². The van der Waals surface area contributed by atoms with Crippen molar-refractivity contribution < 1.29 is 15.0 Å². The van der Waals surface area contributed by atoms with Crippen molar-refractivity contribution in [2.24, 2.45) is 50.2 Å². The first-order valence-corrected chi connectivity index (χ1v) is 13.8. The fourth-order valence-electron chi connectivity index (χ4n) is 10.9.